The number of amides is 1. The van der Waals surface area contributed by atoms with E-state index < -0.39 is 124 Å². The van der Waals surface area contributed by atoms with Gasteiger partial charge in [0.2, 0.25) is 15.9 Å². The number of aliphatic hydroxyl groups excluding tert-OH is 3. The van der Waals surface area contributed by atoms with E-state index in [4.69, 9.17) is 28.4 Å². The number of hydrogen-bond donors (Lipinski definition) is 7. The average molecular weight is 932 g/mol. The molecule has 1 aromatic rings. The predicted octanol–water partition coefficient (Wildman–Crippen LogP) is 2.52. The minimum atomic E-state index is -4.38. The topological polar surface area (TPSA) is 252 Å². The number of carbonyl (C=O) groups is 2. The third-order valence-corrected chi connectivity index (χ3v) is 15.4. The molecule has 3 saturated heterocycles. The minimum absolute atomic E-state index is 0.0413. The molecule has 0 radical (unpaired) electrons. The molecule has 64 heavy (non-hydrogen) atoms. The molecule has 3 fully saturated rings. The number of benzene rings is 1. The Hall–Kier alpha value is -2.37. The van der Waals surface area contributed by atoms with E-state index in [1.165, 1.54) is 52.1 Å². The quantitative estimate of drug-likeness (QED) is 0.158. The maximum atomic E-state index is 14.5. The lowest BCUT2D eigenvalue weighted by molar-refractivity contribution is -0.318. The molecule has 3 aliphatic rings. The molecule has 0 aliphatic carbocycles. The molecule has 0 bridgehead atoms. The van der Waals surface area contributed by atoms with Gasteiger partial charge in [-0.15, -0.1) is 0 Å². The number of carbonyl (C=O) groups excluding carboxylic acids is 2. The summed E-state index contributed by atoms with van der Waals surface area (Å²) in [6.07, 6.45) is -10.8. The first-order valence-electron chi connectivity index (χ1n) is 22.4. The summed E-state index contributed by atoms with van der Waals surface area (Å²) in [6, 6.07) is 3.93. The van der Waals surface area contributed by atoms with Crippen LogP contribution in [0.4, 0.5) is 5.69 Å². The van der Waals surface area contributed by atoms with Crippen LogP contribution in [-0.4, -0.2) is 162 Å². The third-order valence-electron chi connectivity index (χ3n) is 13.9. The molecule has 3 aliphatic heterocycles. The number of nitrogens with zero attached hydrogens (tertiary/aromatic N) is 1. The van der Waals surface area contributed by atoms with Crippen molar-refractivity contribution in [2.75, 3.05) is 26.5 Å². The fraction of sp³-hybridized carbons (Fsp3) is 0.822. The van der Waals surface area contributed by atoms with E-state index in [0.29, 0.717) is 12.1 Å². The summed E-state index contributed by atoms with van der Waals surface area (Å²) >= 11 is 0. The zero-order valence-corrected chi connectivity index (χ0v) is 40.9. The van der Waals surface area contributed by atoms with Crippen LogP contribution in [0.25, 0.3) is 0 Å². The molecular weight excluding hydrogens is 855 g/mol. The number of methoxy groups -OCH3 is 1. The molecule has 0 aromatic heterocycles. The summed E-state index contributed by atoms with van der Waals surface area (Å²) in [5, 5.41) is 62.5. The maximum absolute atomic E-state index is 14.5. The number of cyclic esters (lactones) is 1. The van der Waals surface area contributed by atoms with Crippen molar-refractivity contribution in [3.8, 4) is 0 Å². The summed E-state index contributed by atoms with van der Waals surface area (Å²) in [4.78, 5) is 27.8. The first-order valence-corrected chi connectivity index (χ1v) is 23.9. The number of anilines is 1. The molecule has 7 N–H and O–H groups in total. The lowest BCUT2D eigenvalue weighted by Gasteiger charge is -2.49. The fourth-order valence-corrected chi connectivity index (χ4v) is 11.4. The van der Waals surface area contributed by atoms with Crippen molar-refractivity contribution < 1.29 is 72.0 Å². The Labute approximate surface area is 379 Å². The van der Waals surface area contributed by atoms with Gasteiger partial charge in [0.05, 0.1) is 52.5 Å². The van der Waals surface area contributed by atoms with Crippen molar-refractivity contribution in [3.05, 3.63) is 24.3 Å². The van der Waals surface area contributed by atoms with Crippen molar-refractivity contribution in [2.24, 2.45) is 23.7 Å². The molecule has 19 unspecified atom stereocenters. The first kappa shape index (κ1) is 54.2. The van der Waals surface area contributed by atoms with Crippen LogP contribution in [0.1, 0.15) is 102 Å². The lowest BCUT2D eigenvalue weighted by Crippen LogP contribution is -2.62. The second kappa shape index (κ2) is 21.3. The highest BCUT2D eigenvalue weighted by Gasteiger charge is 2.54. The number of hydrogen-bond acceptors (Lipinski definition) is 16. The SMILES string of the molecule is CCC1OC(=O)C(C)C(OC2CC(C)(OC)C(O)C(C)O2)C(C)C(OC2OC(C)CC(N(C)C)C2O)C(C)(O)CC(C)C(NS(=O)(=O)c2ccc(NC(C)=O)cc2)C(C)C(O)C1(C)O. The number of aliphatic hydroxyl groups is 5. The van der Waals surface area contributed by atoms with Crippen molar-refractivity contribution >= 4 is 27.6 Å². The fourth-order valence-electron chi connectivity index (χ4n) is 10.00. The van der Waals surface area contributed by atoms with Gasteiger partial charge in [0.1, 0.15) is 23.9 Å². The van der Waals surface area contributed by atoms with Gasteiger partial charge < -0.3 is 64.2 Å². The predicted molar refractivity (Wildman–Crippen MR) is 236 cm³/mol. The standard InChI is InChI=1S/C45H77N3O15S/c1-15-33-45(11,55)38(51)25(4)35(47-64(56,57)31-18-16-30(17-19-31)46-29(8)49)23(2)21-43(9,54)40(63-42-36(50)32(48(12)13)20-24(3)59-42)26(5)37(27(6)41(53)61-33)62-34-22-44(10,58-14)39(52)28(7)60-34/h16-19,23-28,32-40,42,47,50-52,54-55H,15,20-22H2,1-14H3,(H,46,49). The molecular formula is C45H77N3O15S. The largest absolute Gasteiger partial charge is 0.459 e. The Morgan fingerprint density at radius 3 is 2.08 bits per heavy atom. The van der Waals surface area contributed by atoms with Gasteiger partial charge in [0.25, 0.3) is 0 Å². The highest BCUT2D eigenvalue weighted by molar-refractivity contribution is 7.89. The average Bonchev–Trinajstić information content (AvgIpc) is 3.21. The van der Waals surface area contributed by atoms with Crippen LogP contribution in [-0.2, 0) is 48.0 Å². The highest BCUT2D eigenvalue weighted by atomic mass is 32.2. The lowest BCUT2D eigenvalue weighted by atomic mass is 9.72. The van der Waals surface area contributed by atoms with Gasteiger partial charge in [0.15, 0.2) is 12.6 Å². The molecule has 1 aromatic carbocycles. The smallest absolute Gasteiger partial charge is 0.311 e. The van der Waals surface area contributed by atoms with Crippen LogP contribution in [0.3, 0.4) is 0 Å². The molecule has 19 atom stereocenters. The molecule has 1 amide bonds. The van der Waals surface area contributed by atoms with Gasteiger partial charge in [-0.3, -0.25) is 9.59 Å². The van der Waals surface area contributed by atoms with Crippen LogP contribution in [0.5, 0.6) is 0 Å². The van der Waals surface area contributed by atoms with Gasteiger partial charge in [-0.1, -0.05) is 27.7 Å². The molecule has 19 heteroatoms. The van der Waals surface area contributed by atoms with Gasteiger partial charge in [0, 0.05) is 50.1 Å². The number of ether oxygens (including phenoxy) is 6. The number of esters is 1. The number of sulfonamides is 1. The summed E-state index contributed by atoms with van der Waals surface area (Å²) in [5.74, 6) is -5.14. The van der Waals surface area contributed by atoms with E-state index >= 15 is 0 Å². The second-order valence-corrected chi connectivity index (χ2v) is 21.3. The Kier molecular flexibility index (Phi) is 18.0. The summed E-state index contributed by atoms with van der Waals surface area (Å²) in [6.45, 7) is 17.6. The summed E-state index contributed by atoms with van der Waals surface area (Å²) in [7, 11) is 0.741. The van der Waals surface area contributed by atoms with Gasteiger partial charge >= 0.3 is 5.97 Å². The Balaban J connectivity index is 1.90. The van der Waals surface area contributed by atoms with E-state index in [2.05, 4.69) is 10.0 Å². The Morgan fingerprint density at radius 1 is 0.922 bits per heavy atom. The molecule has 0 spiro atoms. The van der Waals surface area contributed by atoms with E-state index in [1.807, 2.05) is 25.9 Å². The summed E-state index contributed by atoms with van der Waals surface area (Å²) < 4.78 is 68.8. The van der Waals surface area contributed by atoms with E-state index in [1.54, 1.807) is 48.5 Å². The number of rotatable bonds is 11. The van der Waals surface area contributed by atoms with Gasteiger partial charge in [-0.2, -0.15) is 0 Å². The molecule has 4 rings (SSSR count). The molecule has 3 heterocycles. The van der Waals surface area contributed by atoms with Gasteiger partial charge in [-0.05, 0) is 105 Å². The molecule has 368 valence electrons. The number of nitrogens with one attached hydrogen (secondary N) is 2. The summed E-state index contributed by atoms with van der Waals surface area (Å²) in [5.41, 5.74) is -4.79. The minimum Gasteiger partial charge on any atom is -0.459 e. The zero-order chi connectivity index (χ0) is 48.4. The monoisotopic (exact) mass is 932 g/mol. The van der Waals surface area contributed by atoms with Crippen LogP contribution in [0, 0.1) is 23.7 Å². The van der Waals surface area contributed by atoms with E-state index in [9.17, 15) is 43.5 Å². The van der Waals surface area contributed by atoms with Crippen molar-refractivity contribution in [1.82, 2.24) is 9.62 Å². The van der Waals surface area contributed by atoms with Crippen molar-refractivity contribution in [3.63, 3.8) is 0 Å². The normalized spacial score (nSPS) is 43.3. The van der Waals surface area contributed by atoms with Gasteiger partial charge in [-0.25, -0.2) is 13.1 Å². The van der Waals surface area contributed by atoms with E-state index in [0.717, 1.165) is 0 Å². The third kappa shape index (κ3) is 12.2. The van der Waals surface area contributed by atoms with Crippen LogP contribution in [0.2, 0.25) is 0 Å². The van der Waals surface area contributed by atoms with Crippen molar-refractivity contribution in [1.29, 1.82) is 0 Å². The van der Waals surface area contributed by atoms with E-state index in [-0.39, 0.29) is 36.2 Å². The Morgan fingerprint density at radius 2 is 1.53 bits per heavy atom. The second-order valence-electron chi connectivity index (χ2n) is 19.6. The molecule has 0 saturated carbocycles. The van der Waals surface area contributed by atoms with Crippen LogP contribution >= 0.6 is 0 Å². The van der Waals surface area contributed by atoms with Crippen LogP contribution in [0.15, 0.2) is 29.2 Å². The molecule has 18 nitrogen and oxygen atoms in total. The number of likely N-dealkylation sites (N-methyl/N-ethyl adjacent to an activating group) is 1. The zero-order valence-electron chi connectivity index (χ0n) is 40.0. The van der Waals surface area contributed by atoms with Crippen LogP contribution < -0.4 is 10.0 Å². The highest BCUT2D eigenvalue weighted by Crippen LogP contribution is 2.41. The first-order chi connectivity index (χ1) is 29.5. The Bertz CT molecular complexity index is 1820. The maximum Gasteiger partial charge on any atom is 0.311 e. The van der Waals surface area contributed by atoms with Crippen molar-refractivity contribution in [2.45, 2.75) is 197 Å².